The van der Waals surface area contributed by atoms with Gasteiger partial charge >= 0.3 is 5.97 Å². The normalized spacial score (nSPS) is 10.1. The van der Waals surface area contributed by atoms with Crippen LogP contribution >= 0.6 is 11.6 Å². The molecule has 24 heavy (non-hydrogen) atoms. The van der Waals surface area contributed by atoms with Gasteiger partial charge in [-0.3, -0.25) is 4.79 Å². The van der Waals surface area contributed by atoms with Gasteiger partial charge in [-0.25, -0.2) is 4.79 Å². The van der Waals surface area contributed by atoms with Crippen LogP contribution in [0, 0.1) is 13.8 Å². The van der Waals surface area contributed by atoms with E-state index in [0.29, 0.717) is 16.5 Å². The average molecular weight is 348 g/mol. The SMILES string of the molecule is Cc1cccc(NC(=O)COC(=O)COc2ccc(Cl)cc2)c1C. The Balaban J connectivity index is 1.75. The lowest BCUT2D eigenvalue weighted by Gasteiger charge is -2.11. The molecule has 0 saturated heterocycles. The molecule has 0 spiro atoms. The first-order valence-electron chi connectivity index (χ1n) is 7.36. The van der Waals surface area contributed by atoms with Crippen LogP contribution in [0.3, 0.4) is 0 Å². The van der Waals surface area contributed by atoms with Gasteiger partial charge in [-0.05, 0) is 55.3 Å². The van der Waals surface area contributed by atoms with Gasteiger partial charge in [-0.1, -0.05) is 23.7 Å². The summed E-state index contributed by atoms with van der Waals surface area (Å²) in [6, 6.07) is 12.2. The largest absolute Gasteiger partial charge is 0.482 e. The number of aryl methyl sites for hydroxylation is 1. The molecule has 126 valence electrons. The van der Waals surface area contributed by atoms with Crippen molar-refractivity contribution < 1.29 is 19.1 Å². The van der Waals surface area contributed by atoms with Gasteiger partial charge in [0.25, 0.3) is 5.91 Å². The Morgan fingerprint density at radius 3 is 2.46 bits per heavy atom. The molecule has 2 aromatic rings. The number of rotatable bonds is 6. The highest BCUT2D eigenvalue weighted by atomic mass is 35.5. The number of hydrogen-bond acceptors (Lipinski definition) is 4. The Hall–Kier alpha value is -2.53. The minimum absolute atomic E-state index is 0.279. The van der Waals surface area contributed by atoms with Crippen LogP contribution in [0.15, 0.2) is 42.5 Å². The molecule has 1 N–H and O–H groups in total. The van der Waals surface area contributed by atoms with Crippen molar-refractivity contribution in [2.45, 2.75) is 13.8 Å². The molecule has 0 bridgehead atoms. The van der Waals surface area contributed by atoms with E-state index >= 15 is 0 Å². The van der Waals surface area contributed by atoms with Gasteiger partial charge < -0.3 is 14.8 Å². The highest BCUT2D eigenvalue weighted by molar-refractivity contribution is 6.30. The van der Waals surface area contributed by atoms with Gasteiger partial charge in [0.1, 0.15) is 5.75 Å². The highest BCUT2D eigenvalue weighted by Gasteiger charge is 2.10. The summed E-state index contributed by atoms with van der Waals surface area (Å²) in [4.78, 5) is 23.5. The lowest BCUT2D eigenvalue weighted by molar-refractivity contribution is -0.149. The Labute approximate surface area is 145 Å². The Bertz CT molecular complexity index is 728. The molecule has 0 radical (unpaired) electrons. The smallest absolute Gasteiger partial charge is 0.344 e. The molecule has 0 fully saturated rings. The first-order chi connectivity index (χ1) is 11.5. The molecular weight excluding hydrogens is 330 g/mol. The minimum Gasteiger partial charge on any atom is -0.482 e. The van der Waals surface area contributed by atoms with E-state index in [9.17, 15) is 9.59 Å². The highest BCUT2D eigenvalue weighted by Crippen LogP contribution is 2.18. The predicted octanol–water partition coefficient (Wildman–Crippen LogP) is 3.52. The van der Waals surface area contributed by atoms with Crippen molar-refractivity contribution in [3.63, 3.8) is 0 Å². The molecule has 0 aliphatic heterocycles. The molecule has 0 aliphatic rings. The molecule has 2 rings (SSSR count). The maximum absolute atomic E-state index is 11.8. The molecular formula is C18H18ClNO4. The number of nitrogens with one attached hydrogen (secondary N) is 1. The van der Waals surface area contributed by atoms with Gasteiger partial charge in [0.05, 0.1) is 0 Å². The van der Waals surface area contributed by atoms with Crippen LogP contribution in [-0.2, 0) is 14.3 Å². The molecule has 2 aromatic carbocycles. The van der Waals surface area contributed by atoms with Gasteiger partial charge in [-0.2, -0.15) is 0 Å². The summed E-state index contributed by atoms with van der Waals surface area (Å²) < 4.78 is 10.1. The summed E-state index contributed by atoms with van der Waals surface area (Å²) in [7, 11) is 0. The third-order valence-corrected chi connectivity index (χ3v) is 3.67. The second kappa shape index (κ2) is 8.36. The number of carbonyl (C=O) groups excluding carboxylic acids is 2. The maximum atomic E-state index is 11.8. The van der Waals surface area contributed by atoms with Crippen LogP contribution in [0.2, 0.25) is 5.02 Å². The molecule has 0 aromatic heterocycles. The number of esters is 1. The standard InChI is InChI=1S/C18H18ClNO4/c1-12-4-3-5-16(13(12)2)20-17(21)10-24-18(22)11-23-15-8-6-14(19)7-9-15/h3-9H,10-11H2,1-2H3,(H,20,21). The van der Waals surface area contributed by atoms with Crippen molar-refractivity contribution in [2.75, 3.05) is 18.5 Å². The summed E-state index contributed by atoms with van der Waals surface area (Å²) in [6.07, 6.45) is 0. The van der Waals surface area contributed by atoms with Crippen molar-refractivity contribution in [2.24, 2.45) is 0 Å². The van der Waals surface area contributed by atoms with E-state index in [1.54, 1.807) is 30.3 Å². The maximum Gasteiger partial charge on any atom is 0.344 e. The van der Waals surface area contributed by atoms with Crippen LogP contribution in [-0.4, -0.2) is 25.1 Å². The van der Waals surface area contributed by atoms with Gasteiger partial charge in [0, 0.05) is 10.7 Å². The quantitative estimate of drug-likeness (QED) is 0.812. The fraction of sp³-hybridized carbons (Fsp3) is 0.222. The summed E-state index contributed by atoms with van der Waals surface area (Å²) in [5.41, 5.74) is 2.75. The topological polar surface area (TPSA) is 64.6 Å². The van der Waals surface area contributed by atoms with E-state index in [0.717, 1.165) is 11.1 Å². The van der Waals surface area contributed by atoms with Gasteiger partial charge in [-0.15, -0.1) is 0 Å². The van der Waals surface area contributed by atoms with Gasteiger partial charge in [0.15, 0.2) is 13.2 Å². The van der Waals surface area contributed by atoms with Crippen molar-refractivity contribution in [3.8, 4) is 5.75 Å². The fourth-order valence-corrected chi connectivity index (χ4v) is 2.06. The van der Waals surface area contributed by atoms with E-state index in [1.165, 1.54) is 0 Å². The summed E-state index contributed by atoms with van der Waals surface area (Å²) in [5, 5.41) is 3.29. The first kappa shape index (κ1) is 17.8. The first-order valence-corrected chi connectivity index (χ1v) is 7.73. The van der Waals surface area contributed by atoms with Gasteiger partial charge in [0.2, 0.25) is 0 Å². The molecule has 0 atom stereocenters. The summed E-state index contributed by atoms with van der Waals surface area (Å²) >= 11 is 5.75. The lowest BCUT2D eigenvalue weighted by Crippen LogP contribution is -2.24. The van der Waals surface area contributed by atoms with Crippen molar-refractivity contribution >= 4 is 29.2 Å². The predicted molar refractivity (Wildman–Crippen MR) is 92.5 cm³/mol. The monoisotopic (exact) mass is 347 g/mol. The average Bonchev–Trinajstić information content (AvgIpc) is 2.56. The fourth-order valence-electron chi connectivity index (χ4n) is 1.93. The second-order valence-corrected chi connectivity index (χ2v) is 5.64. The number of anilines is 1. The zero-order valence-electron chi connectivity index (χ0n) is 13.5. The lowest BCUT2D eigenvalue weighted by atomic mass is 10.1. The second-order valence-electron chi connectivity index (χ2n) is 5.20. The molecule has 6 heteroatoms. The number of carbonyl (C=O) groups is 2. The number of halogens is 1. The number of ether oxygens (including phenoxy) is 2. The molecule has 1 amide bonds. The third-order valence-electron chi connectivity index (χ3n) is 3.41. The van der Waals surface area contributed by atoms with E-state index in [1.807, 2.05) is 26.0 Å². The molecule has 0 saturated carbocycles. The van der Waals surface area contributed by atoms with Crippen molar-refractivity contribution in [1.82, 2.24) is 0 Å². The summed E-state index contributed by atoms with van der Waals surface area (Å²) in [5.74, 6) is -0.527. The zero-order chi connectivity index (χ0) is 17.5. The van der Waals surface area contributed by atoms with Crippen molar-refractivity contribution in [1.29, 1.82) is 0 Å². The Kier molecular flexibility index (Phi) is 6.21. The van der Waals surface area contributed by atoms with E-state index in [2.05, 4.69) is 5.32 Å². The van der Waals surface area contributed by atoms with Crippen LogP contribution < -0.4 is 10.1 Å². The number of hydrogen-bond donors (Lipinski definition) is 1. The molecule has 0 unspecified atom stereocenters. The van der Waals surface area contributed by atoms with Crippen LogP contribution in [0.25, 0.3) is 0 Å². The number of benzene rings is 2. The van der Waals surface area contributed by atoms with Crippen molar-refractivity contribution in [3.05, 3.63) is 58.6 Å². The molecule has 0 heterocycles. The third kappa shape index (κ3) is 5.28. The Morgan fingerprint density at radius 2 is 1.75 bits per heavy atom. The summed E-state index contributed by atoms with van der Waals surface area (Å²) in [6.45, 7) is 3.23. The van der Waals surface area contributed by atoms with Crippen LogP contribution in [0.1, 0.15) is 11.1 Å². The van der Waals surface area contributed by atoms with E-state index in [4.69, 9.17) is 21.1 Å². The van der Waals surface area contributed by atoms with Crippen LogP contribution in [0.5, 0.6) is 5.75 Å². The molecule has 5 nitrogen and oxygen atoms in total. The van der Waals surface area contributed by atoms with E-state index in [-0.39, 0.29) is 13.2 Å². The Morgan fingerprint density at radius 1 is 1.04 bits per heavy atom. The molecule has 0 aliphatic carbocycles. The zero-order valence-corrected chi connectivity index (χ0v) is 14.2. The van der Waals surface area contributed by atoms with Crippen LogP contribution in [0.4, 0.5) is 5.69 Å². The minimum atomic E-state index is -0.624. The number of amides is 1. The van der Waals surface area contributed by atoms with E-state index < -0.39 is 11.9 Å².